The van der Waals surface area contributed by atoms with Crippen LogP contribution in [0.2, 0.25) is 0 Å². The molecule has 0 bridgehead atoms. The number of anilines is 5. The number of benzene rings is 2. The molecule has 248 valence electrons. The second kappa shape index (κ2) is 14.1. The Bertz CT molecular complexity index is 1830. The minimum absolute atomic E-state index is 0.101. The molecular weight excluding hydrogens is 683 g/mol. The van der Waals surface area contributed by atoms with Gasteiger partial charge < -0.3 is 34.5 Å². The monoisotopic (exact) mass is 722 g/mol. The smallest absolute Gasteiger partial charge is 0.248 e. The van der Waals surface area contributed by atoms with Crippen molar-refractivity contribution >= 4 is 74.1 Å². The second-order valence-corrected chi connectivity index (χ2v) is 16.1. The number of amides is 1. The van der Waals surface area contributed by atoms with Crippen molar-refractivity contribution in [1.29, 1.82) is 0 Å². The summed E-state index contributed by atoms with van der Waals surface area (Å²) in [6, 6.07) is 8.12. The highest BCUT2D eigenvalue weighted by atomic mass is 79.9. The number of methoxy groups -OCH3 is 1. The fourth-order valence-corrected chi connectivity index (χ4v) is 8.08. The average molecular weight is 724 g/mol. The third kappa shape index (κ3) is 7.22. The fourth-order valence-electron chi connectivity index (χ4n) is 6.40. The molecule has 0 spiro atoms. The molecule has 0 atom stereocenters. The van der Waals surface area contributed by atoms with E-state index in [4.69, 9.17) is 14.5 Å². The van der Waals surface area contributed by atoms with Gasteiger partial charge in [-0.1, -0.05) is 6.92 Å². The molecule has 0 aliphatic carbocycles. The molecule has 6 rings (SSSR count). The lowest BCUT2D eigenvalue weighted by molar-refractivity contribution is -0.136. The number of nitrogens with zero attached hydrogens (tertiary/aromatic N) is 6. The van der Waals surface area contributed by atoms with Gasteiger partial charge in [0.1, 0.15) is 30.8 Å². The predicted molar refractivity (Wildman–Crippen MR) is 190 cm³/mol. The van der Waals surface area contributed by atoms with Crippen molar-refractivity contribution in [2.24, 2.45) is 0 Å². The van der Waals surface area contributed by atoms with Gasteiger partial charge in [-0.05, 0) is 78.7 Å². The Hall–Kier alpha value is -3.80. The second-order valence-electron chi connectivity index (χ2n) is 12.1. The van der Waals surface area contributed by atoms with Crippen molar-refractivity contribution in [3.05, 3.63) is 52.9 Å². The van der Waals surface area contributed by atoms with E-state index in [1.54, 1.807) is 39.0 Å². The van der Waals surface area contributed by atoms with Gasteiger partial charge in [-0.3, -0.25) is 14.8 Å². The summed E-state index contributed by atoms with van der Waals surface area (Å²) in [7, 11) is -1.10. The third-order valence-corrected chi connectivity index (χ3v) is 10.8. The van der Waals surface area contributed by atoms with Crippen LogP contribution >= 0.6 is 23.1 Å². The molecule has 2 fully saturated rings. The van der Waals surface area contributed by atoms with Crippen LogP contribution in [0.5, 0.6) is 5.75 Å². The van der Waals surface area contributed by atoms with Gasteiger partial charge in [0.2, 0.25) is 11.9 Å². The fraction of sp³-hybridized carbons (Fsp3) is 0.424. The number of halogens is 1. The summed E-state index contributed by atoms with van der Waals surface area (Å²) in [6.45, 7) is 8.89. The number of ether oxygens (including phenoxy) is 2. The van der Waals surface area contributed by atoms with Crippen LogP contribution in [0.1, 0.15) is 31.7 Å². The molecule has 2 aliphatic heterocycles. The van der Waals surface area contributed by atoms with Crippen LogP contribution in [0.15, 0.2) is 47.3 Å². The van der Waals surface area contributed by atoms with Crippen LogP contribution in [0.4, 0.5) is 28.8 Å². The number of aryl methyl sites for hydroxylation is 1. The van der Waals surface area contributed by atoms with E-state index in [0.717, 1.165) is 56.7 Å². The van der Waals surface area contributed by atoms with E-state index in [1.165, 1.54) is 5.56 Å². The van der Waals surface area contributed by atoms with Gasteiger partial charge in [0.05, 0.1) is 33.8 Å². The zero-order valence-electron chi connectivity index (χ0n) is 27.1. The van der Waals surface area contributed by atoms with E-state index < -0.39 is 7.14 Å². The molecule has 2 aromatic carbocycles. The molecule has 12 nitrogen and oxygen atoms in total. The molecule has 2 N–H and O–H groups in total. The molecule has 1 amide bonds. The van der Waals surface area contributed by atoms with Crippen LogP contribution in [-0.2, 0) is 20.5 Å². The summed E-state index contributed by atoms with van der Waals surface area (Å²) >= 11 is 3.57. The molecular formula is C33H40BrN8O4P. The first kappa shape index (κ1) is 33.1. The Morgan fingerprint density at radius 2 is 1.85 bits per heavy atom. The molecule has 2 aliphatic rings. The van der Waals surface area contributed by atoms with Gasteiger partial charge in [0, 0.05) is 62.6 Å². The van der Waals surface area contributed by atoms with Gasteiger partial charge in [-0.15, -0.1) is 0 Å². The molecule has 4 aromatic rings. The summed E-state index contributed by atoms with van der Waals surface area (Å²) in [4.78, 5) is 35.2. The number of rotatable bonds is 9. The SMILES string of the molecule is CCc1cc(Nc2ncc(Br)c(Nc3ccc4nccnc4c3P(C)(C)=O)n2)c(OC)cc1N1CCC(N2CCCOCC2=O)CC1. The molecule has 47 heavy (non-hydrogen) atoms. The van der Waals surface area contributed by atoms with Gasteiger partial charge in [-0.25, -0.2) is 4.98 Å². The van der Waals surface area contributed by atoms with E-state index in [0.29, 0.717) is 50.6 Å². The highest BCUT2D eigenvalue weighted by Gasteiger charge is 2.30. The van der Waals surface area contributed by atoms with E-state index in [-0.39, 0.29) is 18.6 Å². The van der Waals surface area contributed by atoms with Crippen molar-refractivity contribution in [2.75, 3.05) is 68.8 Å². The normalized spacial score (nSPS) is 16.3. The quantitative estimate of drug-likeness (QED) is 0.206. The Balaban J connectivity index is 1.23. The lowest BCUT2D eigenvalue weighted by Gasteiger charge is -2.39. The molecule has 2 saturated heterocycles. The van der Waals surface area contributed by atoms with Crippen molar-refractivity contribution in [3.63, 3.8) is 0 Å². The van der Waals surface area contributed by atoms with Gasteiger partial charge in [0.25, 0.3) is 0 Å². The zero-order valence-corrected chi connectivity index (χ0v) is 29.6. The van der Waals surface area contributed by atoms with Crippen molar-refractivity contribution in [3.8, 4) is 5.75 Å². The molecule has 2 aromatic heterocycles. The standard InChI is InChI=1S/C33H40BrN8O4P/c1-5-21-17-26(28(45-2)18-27(21)41-14-9-22(10-15-41)42-13-6-16-46-20-29(42)43)39-33-37-19-23(34)32(40-33)38-25-8-7-24-30(36-12-11-35-24)31(25)47(3,4)44/h7-8,11-12,17-19,22H,5-6,9-10,13-16,20H2,1-4H3,(H2,37,38,39,40). The van der Waals surface area contributed by atoms with Crippen LogP contribution < -0.4 is 25.6 Å². The van der Waals surface area contributed by atoms with E-state index in [9.17, 15) is 9.36 Å². The summed E-state index contributed by atoms with van der Waals surface area (Å²) in [5.74, 6) is 1.65. The van der Waals surface area contributed by atoms with Crippen LogP contribution in [-0.4, -0.2) is 90.1 Å². The van der Waals surface area contributed by atoms with Gasteiger partial charge in [-0.2, -0.15) is 4.98 Å². The number of nitrogens with one attached hydrogen (secondary N) is 2. The molecule has 0 radical (unpaired) electrons. The summed E-state index contributed by atoms with van der Waals surface area (Å²) in [5, 5.41) is 7.33. The highest BCUT2D eigenvalue weighted by Crippen LogP contribution is 2.42. The molecule has 0 saturated carbocycles. The molecule has 14 heteroatoms. The minimum atomic E-state index is -2.75. The van der Waals surface area contributed by atoms with Crippen LogP contribution in [0.3, 0.4) is 0 Å². The first-order valence-corrected chi connectivity index (χ1v) is 19.2. The summed E-state index contributed by atoms with van der Waals surface area (Å²) in [5.41, 5.74) is 4.97. The summed E-state index contributed by atoms with van der Waals surface area (Å²) < 4.78 is 25.4. The lowest BCUT2D eigenvalue weighted by Crippen LogP contribution is -2.48. The van der Waals surface area contributed by atoms with Crippen LogP contribution in [0.25, 0.3) is 11.0 Å². The Kier molecular flexibility index (Phi) is 9.96. The van der Waals surface area contributed by atoms with Gasteiger partial charge >= 0.3 is 0 Å². The Morgan fingerprint density at radius 1 is 1.06 bits per heavy atom. The van der Waals surface area contributed by atoms with Crippen LogP contribution in [0, 0.1) is 0 Å². The zero-order chi connectivity index (χ0) is 33.1. The maximum atomic E-state index is 13.4. The largest absolute Gasteiger partial charge is 0.494 e. The van der Waals surface area contributed by atoms with Crippen molar-refractivity contribution in [1.82, 2.24) is 24.8 Å². The number of fused-ring (bicyclic) bond motifs is 1. The number of piperidine rings is 1. The highest BCUT2D eigenvalue weighted by molar-refractivity contribution is 9.10. The van der Waals surface area contributed by atoms with E-state index in [2.05, 4.69) is 65.5 Å². The number of carbonyl (C=O) groups is 1. The van der Waals surface area contributed by atoms with Crippen molar-refractivity contribution in [2.45, 2.75) is 38.6 Å². The molecule has 0 unspecified atom stereocenters. The predicted octanol–water partition coefficient (Wildman–Crippen LogP) is 5.71. The summed E-state index contributed by atoms with van der Waals surface area (Å²) in [6.07, 6.45) is 8.43. The lowest BCUT2D eigenvalue weighted by atomic mass is 9.99. The number of aromatic nitrogens is 4. The Morgan fingerprint density at radius 3 is 2.60 bits per heavy atom. The maximum Gasteiger partial charge on any atom is 0.248 e. The first-order chi connectivity index (χ1) is 22.7. The number of carbonyl (C=O) groups excluding carboxylic acids is 1. The third-order valence-electron chi connectivity index (χ3n) is 8.66. The minimum Gasteiger partial charge on any atom is -0.494 e. The number of hydrogen-bond acceptors (Lipinski definition) is 11. The Labute approximate surface area is 283 Å². The van der Waals surface area contributed by atoms with E-state index >= 15 is 0 Å². The first-order valence-electron chi connectivity index (χ1n) is 15.8. The van der Waals surface area contributed by atoms with Gasteiger partial charge in [0.15, 0.2) is 0 Å². The topological polar surface area (TPSA) is 135 Å². The number of hydrogen-bond donors (Lipinski definition) is 2. The average Bonchev–Trinajstić information content (AvgIpc) is 3.29. The van der Waals surface area contributed by atoms with E-state index in [1.807, 2.05) is 17.0 Å². The molecule has 4 heterocycles. The van der Waals surface area contributed by atoms with Crippen molar-refractivity contribution < 1.29 is 18.8 Å². The maximum absolute atomic E-state index is 13.4.